The highest BCUT2D eigenvalue weighted by Crippen LogP contribution is 2.16. The molecule has 1 unspecified atom stereocenters. The second-order valence-electron chi connectivity index (χ2n) is 4.71. The summed E-state index contributed by atoms with van der Waals surface area (Å²) in [6.45, 7) is 4.69. The predicted octanol–water partition coefficient (Wildman–Crippen LogP) is 0.813. The van der Waals surface area contributed by atoms with Crippen LogP contribution in [0.5, 0.6) is 0 Å². The molecule has 0 aliphatic carbocycles. The molecule has 0 saturated heterocycles. The molecule has 1 aromatic heterocycles. The van der Waals surface area contributed by atoms with Gasteiger partial charge in [-0.25, -0.2) is 4.79 Å². The lowest BCUT2D eigenvalue weighted by Crippen LogP contribution is -2.37. The molecule has 0 bridgehead atoms. The largest absolute Gasteiger partial charge is 0.478 e. The topological polar surface area (TPSA) is 79.6 Å². The van der Waals surface area contributed by atoms with Gasteiger partial charge in [0.2, 0.25) is 5.91 Å². The molecular formula is C13H18N2O4. The number of aromatic nitrogens is 1. The molecule has 1 rings (SSSR count). The number of carbonyl (C=O) groups is 2. The fourth-order valence-electron chi connectivity index (χ4n) is 2.19. The zero-order valence-corrected chi connectivity index (χ0v) is 11.7. The summed E-state index contributed by atoms with van der Waals surface area (Å²) in [6, 6.07) is 0.511. The van der Waals surface area contributed by atoms with Crippen LogP contribution in [0.2, 0.25) is 0 Å². The molecule has 1 N–H and O–H groups in total. The minimum Gasteiger partial charge on any atom is -0.478 e. The smallest absolute Gasteiger partial charge is 0.337 e. The average molecular weight is 266 g/mol. The summed E-state index contributed by atoms with van der Waals surface area (Å²) in [5.41, 5.74) is 0.386. The summed E-state index contributed by atoms with van der Waals surface area (Å²) in [5.74, 6) is -1.36. The van der Waals surface area contributed by atoms with Crippen LogP contribution in [-0.2, 0) is 4.79 Å². The van der Waals surface area contributed by atoms with Gasteiger partial charge in [0.1, 0.15) is 6.04 Å². The van der Waals surface area contributed by atoms with Crippen molar-refractivity contribution < 1.29 is 14.7 Å². The molecule has 6 nitrogen and oxygen atoms in total. The van der Waals surface area contributed by atoms with Crippen molar-refractivity contribution >= 4 is 11.9 Å². The average Bonchev–Trinajstić information content (AvgIpc) is 2.25. The Morgan fingerprint density at radius 2 is 1.84 bits per heavy atom. The van der Waals surface area contributed by atoms with Gasteiger partial charge in [0.15, 0.2) is 0 Å². The van der Waals surface area contributed by atoms with Crippen LogP contribution in [0.25, 0.3) is 0 Å². The summed E-state index contributed by atoms with van der Waals surface area (Å²) < 4.78 is 1.22. The van der Waals surface area contributed by atoms with E-state index < -0.39 is 12.0 Å². The third kappa shape index (κ3) is 2.67. The van der Waals surface area contributed by atoms with E-state index in [-0.39, 0.29) is 17.0 Å². The van der Waals surface area contributed by atoms with E-state index in [0.29, 0.717) is 11.3 Å². The summed E-state index contributed by atoms with van der Waals surface area (Å²) in [4.78, 5) is 36.5. The van der Waals surface area contributed by atoms with Gasteiger partial charge < -0.3 is 10.0 Å². The summed E-state index contributed by atoms with van der Waals surface area (Å²) in [7, 11) is 3.18. The molecule has 1 heterocycles. The highest BCUT2D eigenvalue weighted by molar-refractivity contribution is 5.90. The minimum absolute atomic E-state index is 0.0676. The van der Waals surface area contributed by atoms with Crippen molar-refractivity contribution in [3.63, 3.8) is 0 Å². The Bertz CT molecular complexity index is 587. The lowest BCUT2D eigenvalue weighted by atomic mass is 10.1. The number of likely N-dealkylation sites (N-methyl/N-ethyl adjacent to an activating group) is 1. The summed E-state index contributed by atoms with van der Waals surface area (Å²) >= 11 is 0. The van der Waals surface area contributed by atoms with Crippen LogP contribution in [0.1, 0.15) is 34.6 Å². The number of hydrogen-bond donors (Lipinski definition) is 1. The van der Waals surface area contributed by atoms with Crippen LogP contribution in [0.3, 0.4) is 0 Å². The molecular weight excluding hydrogens is 248 g/mol. The van der Waals surface area contributed by atoms with Crippen molar-refractivity contribution in [2.24, 2.45) is 0 Å². The Morgan fingerprint density at radius 1 is 1.32 bits per heavy atom. The number of amides is 1. The first kappa shape index (κ1) is 14.9. The van der Waals surface area contributed by atoms with Crippen LogP contribution < -0.4 is 5.56 Å². The number of carboxylic acid groups (broad SMARTS) is 1. The molecule has 104 valence electrons. The molecule has 0 aliphatic heterocycles. The van der Waals surface area contributed by atoms with E-state index in [1.165, 1.54) is 22.5 Å². The van der Waals surface area contributed by atoms with Crippen LogP contribution in [-0.4, -0.2) is 40.5 Å². The van der Waals surface area contributed by atoms with Gasteiger partial charge in [-0.2, -0.15) is 0 Å². The molecule has 1 aromatic rings. The zero-order valence-electron chi connectivity index (χ0n) is 11.7. The second kappa shape index (κ2) is 5.26. The van der Waals surface area contributed by atoms with Crippen molar-refractivity contribution in [3.05, 3.63) is 33.2 Å². The lowest BCUT2D eigenvalue weighted by Gasteiger charge is -2.22. The minimum atomic E-state index is -1.10. The first-order valence-electron chi connectivity index (χ1n) is 5.85. The first-order chi connectivity index (χ1) is 8.68. The Hall–Kier alpha value is -2.11. The molecule has 1 amide bonds. The maximum absolute atomic E-state index is 12.0. The standard InChI is InChI=1S/C13H18N2O4/c1-7-6-10(16)15(8(2)11(7)13(18)19)9(3)12(17)14(4)5/h6,9H,1-5H3,(H,18,19). The number of aryl methyl sites for hydroxylation is 1. The van der Waals surface area contributed by atoms with E-state index >= 15 is 0 Å². The molecule has 6 heteroatoms. The highest BCUT2D eigenvalue weighted by Gasteiger charge is 2.23. The number of pyridine rings is 1. The highest BCUT2D eigenvalue weighted by atomic mass is 16.4. The van der Waals surface area contributed by atoms with Gasteiger partial charge >= 0.3 is 5.97 Å². The molecule has 1 atom stereocenters. The number of carboxylic acids is 1. The van der Waals surface area contributed by atoms with E-state index in [0.717, 1.165) is 0 Å². The van der Waals surface area contributed by atoms with Crippen molar-refractivity contribution in [1.29, 1.82) is 0 Å². The Morgan fingerprint density at radius 3 is 2.26 bits per heavy atom. The molecule has 19 heavy (non-hydrogen) atoms. The number of nitrogens with zero attached hydrogens (tertiary/aromatic N) is 2. The van der Waals surface area contributed by atoms with Gasteiger partial charge in [-0.1, -0.05) is 0 Å². The number of hydrogen-bond acceptors (Lipinski definition) is 3. The lowest BCUT2D eigenvalue weighted by molar-refractivity contribution is -0.131. The maximum Gasteiger partial charge on any atom is 0.337 e. The quantitative estimate of drug-likeness (QED) is 0.878. The number of aromatic carboxylic acids is 1. The third-order valence-corrected chi connectivity index (χ3v) is 3.09. The van der Waals surface area contributed by atoms with E-state index in [2.05, 4.69) is 0 Å². The Balaban J connectivity index is 3.53. The zero-order chi connectivity index (χ0) is 14.9. The second-order valence-corrected chi connectivity index (χ2v) is 4.71. The Labute approximate surface area is 111 Å². The maximum atomic E-state index is 12.0. The first-order valence-corrected chi connectivity index (χ1v) is 5.85. The van der Waals surface area contributed by atoms with E-state index in [1.807, 2.05) is 0 Å². The van der Waals surface area contributed by atoms with Crippen LogP contribution >= 0.6 is 0 Å². The summed E-state index contributed by atoms with van der Waals surface area (Å²) in [5, 5.41) is 9.18. The fraction of sp³-hybridized carbons (Fsp3) is 0.462. The van der Waals surface area contributed by atoms with E-state index in [9.17, 15) is 19.5 Å². The molecule has 0 aliphatic rings. The van der Waals surface area contributed by atoms with Gasteiger partial charge in [0.05, 0.1) is 5.56 Å². The number of carbonyl (C=O) groups excluding carboxylic acids is 1. The fourth-order valence-corrected chi connectivity index (χ4v) is 2.19. The van der Waals surface area contributed by atoms with Gasteiger partial charge in [-0.05, 0) is 26.3 Å². The van der Waals surface area contributed by atoms with Gasteiger partial charge in [0, 0.05) is 25.9 Å². The normalized spacial score (nSPS) is 12.1. The van der Waals surface area contributed by atoms with Crippen molar-refractivity contribution in [1.82, 2.24) is 9.47 Å². The molecule has 0 radical (unpaired) electrons. The van der Waals surface area contributed by atoms with Crippen molar-refractivity contribution in [2.75, 3.05) is 14.1 Å². The van der Waals surface area contributed by atoms with Crippen molar-refractivity contribution in [3.8, 4) is 0 Å². The third-order valence-electron chi connectivity index (χ3n) is 3.09. The van der Waals surface area contributed by atoms with Crippen molar-refractivity contribution in [2.45, 2.75) is 26.8 Å². The predicted molar refractivity (Wildman–Crippen MR) is 70.5 cm³/mol. The van der Waals surface area contributed by atoms with Crippen LogP contribution in [0.4, 0.5) is 0 Å². The van der Waals surface area contributed by atoms with Gasteiger partial charge in [-0.15, -0.1) is 0 Å². The SMILES string of the molecule is Cc1cc(=O)n(C(C)C(=O)N(C)C)c(C)c1C(=O)O. The van der Waals surface area contributed by atoms with E-state index in [1.54, 1.807) is 27.9 Å². The molecule has 0 fully saturated rings. The van der Waals surface area contributed by atoms with Gasteiger partial charge in [0.25, 0.3) is 5.56 Å². The number of rotatable bonds is 3. The van der Waals surface area contributed by atoms with Crippen LogP contribution in [0.15, 0.2) is 10.9 Å². The molecule has 0 saturated carbocycles. The summed E-state index contributed by atoms with van der Waals surface area (Å²) in [6.07, 6.45) is 0. The van der Waals surface area contributed by atoms with Gasteiger partial charge in [-0.3, -0.25) is 14.2 Å². The Kier molecular flexibility index (Phi) is 4.14. The monoisotopic (exact) mass is 266 g/mol. The molecule has 0 spiro atoms. The molecule has 0 aromatic carbocycles. The van der Waals surface area contributed by atoms with E-state index in [4.69, 9.17) is 0 Å². The van der Waals surface area contributed by atoms with Crippen LogP contribution in [0, 0.1) is 13.8 Å².